The summed E-state index contributed by atoms with van der Waals surface area (Å²) < 4.78 is 13.8. The van der Waals surface area contributed by atoms with E-state index < -0.39 is 0 Å². The third-order valence-electron chi connectivity index (χ3n) is 3.32. The highest BCUT2D eigenvalue weighted by Gasteiger charge is 2.12. The molecule has 0 spiro atoms. The maximum absolute atomic E-state index is 13.8. The van der Waals surface area contributed by atoms with Gasteiger partial charge in [0.15, 0.2) is 0 Å². The standard InChI is InChI=1S/C16H21FN4/c1-4-9-18-10-13-11-19-16(20-12(13)2)21(3)15-8-6-5-7-14(15)17/h5-8,11,18H,4,9-10H2,1-3H3. The maximum atomic E-state index is 13.8. The first-order valence-corrected chi connectivity index (χ1v) is 7.15. The monoisotopic (exact) mass is 288 g/mol. The number of para-hydroxylation sites is 1. The summed E-state index contributed by atoms with van der Waals surface area (Å²) in [6.45, 7) is 5.80. The predicted molar refractivity (Wildman–Crippen MR) is 83.2 cm³/mol. The van der Waals surface area contributed by atoms with Crippen LogP contribution in [0.15, 0.2) is 30.5 Å². The Bertz CT molecular complexity index is 601. The lowest BCUT2D eigenvalue weighted by molar-refractivity contribution is 0.626. The minimum Gasteiger partial charge on any atom is -0.313 e. The van der Waals surface area contributed by atoms with Crippen LogP contribution in [0.4, 0.5) is 16.0 Å². The number of nitrogens with zero attached hydrogens (tertiary/aromatic N) is 3. The molecule has 2 rings (SSSR count). The van der Waals surface area contributed by atoms with Gasteiger partial charge in [-0.15, -0.1) is 0 Å². The number of aryl methyl sites for hydroxylation is 1. The summed E-state index contributed by atoms with van der Waals surface area (Å²) >= 11 is 0. The molecule has 0 amide bonds. The summed E-state index contributed by atoms with van der Waals surface area (Å²) in [6.07, 6.45) is 2.89. The van der Waals surface area contributed by atoms with E-state index in [1.165, 1.54) is 6.07 Å². The molecule has 112 valence electrons. The lowest BCUT2D eigenvalue weighted by atomic mass is 10.2. The van der Waals surface area contributed by atoms with E-state index in [1.54, 1.807) is 36.3 Å². The highest BCUT2D eigenvalue weighted by atomic mass is 19.1. The fourth-order valence-electron chi connectivity index (χ4n) is 2.05. The molecule has 2 aromatic rings. The summed E-state index contributed by atoms with van der Waals surface area (Å²) in [6, 6.07) is 6.61. The Kier molecular flexibility index (Phi) is 5.22. The van der Waals surface area contributed by atoms with Crippen molar-refractivity contribution in [3.8, 4) is 0 Å². The summed E-state index contributed by atoms with van der Waals surface area (Å²) in [5.74, 6) is 0.215. The molecule has 0 aliphatic rings. The Labute approximate surface area is 125 Å². The first kappa shape index (κ1) is 15.4. The molecule has 0 fully saturated rings. The van der Waals surface area contributed by atoms with Crippen LogP contribution in [0.3, 0.4) is 0 Å². The van der Waals surface area contributed by atoms with Gasteiger partial charge in [0.25, 0.3) is 0 Å². The molecule has 0 saturated heterocycles. The van der Waals surface area contributed by atoms with Gasteiger partial charge in [-0.05, 0) is 32.0 Å². The van der Waals surface area contributed by atoms with Crippen LogP contribution < -0.4 is 10.2 Å². The number of hydrogen-bond acceptors (Lipinski definition) is 4. The molecule has 0 radical (unpaired) electrons. The highest BCUT2D eigenvalue weighted by molar-refractivity contribution is 5.57. The van der Waals surface area contributed by atoms with E-state index in [4.69, 9.17) is 0 Å². The number of rotatable bonds is 6. The Balaban J connectivity index is 2.18. The largest absolute Gasteiger partial charge is 0.313 e. The minimum absolute atomic E-state index is 0.282. The van der Waals surface area contributed by atoms with Gasteiger partial charge in [-0.2, -0.15) is 0 Å². The molecule has 0 bridgehead atoms. The van der Waals surface area contributed by atoms with E-state index in [9.17, 15) is 4.39 Å². The van der Waals surface area contributed by atoms with Gasteiger partial charge in [-0.3, -0.25) is 0 Å². The van der Waals surface area contributed by atoms with Gasteiger partial charge in [0.2, 0.25) is 5.95 Å². The van der Waals surface area contributed by atoms with Gasteiger partial charge in [0.1, 0.15) is 5.82 Å². The Morgan fingerprint density at radius 2 is 2.05 bits per heavy atom. The van der Waals surface area contributed by atoms with Crippen LogP contribution in [0.1, 0.15) is 24.6 Å². The van der Waals surface area contributed by atoms with Crippen LogP contribution >= 0.6 is 0 Å². The van der Waals surface area contributed by atoms with Crippen molar-refractivity contribution in [3.05, 3.63) is 47.5 Å². The SMILES string of the molecule is CCCNCc1cnc(N(C)c2ccccc2F)nc1C. The quantitative estimate of drug-likeness (QED) is 0.829. The maximum Gasteiger partial charge on any atom is 0.229 e. The molecule has 5 heteroatoms. The average Bonchev–Trinajstić information content (AvgIpc) is 2.49. The van der Waals surface area contributed by atoms with Crippen molar-refractivity contribution < 1.29 is 4.39 Å². The van der Waals surface area contributed by atoms with E-state index in [-0.39, 0.29) is 5.82 Å². The van der Waals surface area contributed by atoms with E-state index in [2.05, 4.69) is 22.2 Å². The molecule has 0 aliphatic carbocycles. The van der Waals surface area contributed by atoms with Crippen LogP contribution in [-0.4, -0.2) is 23.6 Å². The molecule has 1 aromatic heterocycles. The van der Waals surface area contributed by atoms with Crippen LogP contribution in [0, 0.1) is 12.7 Å². The van der Waals surface area contributed by atoms with E-state index in [1.807, 2.05) is 6.92 Å². The zero-order valence-electron chi connectivity index (χ0n) is 12.7. The molecule has 21 heavy (non-hydrogen) atoms. The lowest BCUT2D eigenvalue weighted by Crippen LogP contribution is -2.18. The zero-order chi connectivity index (χ0) is 15.2. The van der Waals surface area contributed by atoms with E-state index in [0.29, 0.717) is 11.6 Å². The van der Waals surface area contributed by atoms with Gasteiger partial charge >= 0.3 is 0 Å². The second-order valence-electron chi connectivity index (χ2n) is 4.97. The molecular weight excluding hydrogens is 267 g/mol. The number of benzene rings is 1. The van der Waals surface area contributed by atoms with Crippen molar-refractivity contribution in [1.82, 2.24) is 15.3 Å². The molecule has 1 heterocycles. The van der Waals surface area contributed by atoms with Crippen molar-refractivity contribution in [1.29, 1.82) is 0 Å². The van der Waals surface area contributed by atoms with Gasteiger partial charge in [-0.1, -0.05) is 19.1 Å². The number of halogens is 1. The number of anilines is 2. The summed E-state index contributed by atoms with van der Waals surface area (Å²) in [7, 11) is 1.77. The predicted octanol–water partition coefficient (Wildman–Crippen LogP) is 3.19. The number of aromatic nitrogens is 2. The third-order valence-corrected chi connectivity index (χ3v) is 3.32. The third kappa shape index (κ3) is 3.76. The molecule has 4 nitrogen and oxygen atoms in total. The van der Waals surface area contributed by atoms with Crippen LogP contribution in [0.5, 0.6) is 0 Å². The summed E-state index contributed by atoms with van der Waals surface area (Å²) in [4.78, 5) is 10.5. The first-order chi connectivity index (χ1) is 10.1. The van der Waals surface area contributed by atoms with Gasteiger partial charge in [-0.25, -0.2) is 14.4 Å². The van der Waals surface area contributed by atoms with Crippen molar-refractivity contribution in [2.45, 2.75) is 26.8 Å². The van der Waals surface area contributed by atoms with Crippen molar-refractivity contribution >= 4 is 11.6 Å². The van der Waals surface area contributed by atoms with Crippen LogP contribution in [0.2, 0.25) is 0 Å². The van der Waals surface area contributed by atoms with Gasteiger partial charge in [0.05, 0.1) is 5.69 Å². The second kappa shape index (κ2) is 7.13. The lowest BCUT2D eigenvalue weighted by Gasteiger charge is -2.18. The molecule has 1 N–H and O–H groups in total. The molecule has 1 aromatic carbocycles. The van der Waals surface area contributed by atoms with E-state index >= 15 is 0 Å². The Morgan fingerprint density at radius 3 is 2.71 bits per heavy atom. The fourth-order valence-corrected chi connectivity index (χ4v) is 2.05. The van der Waals surface area contributed by atoms with E-state index in [0.717, 1.165) is 30.8 Å². The molecular formula is C16H21FN4. The molecule has 0 aliphatic heterocycles. The van der Waals surface area contributed by atoms with Crippen molar-refractivity contribution in [2.24, 2.45) is 0 Å². The normalized spacial score (nSPS) is 10.7. The Morgan fingerprint density at radius 1 is 1.29 bits per heavy atom. The number of hydrogen-bond donors (Lipinski definition) is 1. The highest BCUT2D eigenvalue weighted by Crippen LogP contribution is 2.23. The van der Waals surface area contributed by atoms with Crippen LogP contribution in [0.25, 0.3) is 0 Å². The zero-order valence-corrected chi connectivity index (χ0v) is 12.7. The topological polar surface area (TPSA) is 41.1 Å². The number of nitrogens with one attached hydrogen (secondary N) is 1. The smallest absolute Gasteiger partial charge is 0.229 e. The minimum atomic E-state index is -0.282. The van der Waals surface area contributed by atoms with Crippen molar-refractivity contribution in [3.63, 3.8) is 0 Å². The van der Waals surface area contributed by atoms with Crippen LogP contribution in [-0.2, 0) is 6.54 Å². The average molecular weight is 288 g/mol. The summed E-state index contributed by atoms with van der Waals surface area (Å²) in [5, 5.41) is 3.33. The molecule has 0 unspecified atom stereocenters. The van der Waals surface area contributed by atoms with Gasteiger partial charge in [0, 0.05) is 31.0 Å². The Hall–Kier alpha value is -2.01. The molecule has 0 saturated carbocycles. The first-order valence-electron chi connectivity index (χ1n) is 7.15. The fraction of sp³-hybridized carbons (Fsp3) is 0.375. The van der Waals surface area contributed by atoms with Crippen molar-refractivity contribution in [2.75, 3.05) is 18.5 Å². The summed E-state index contributed by atoms with van der Waals surface area (Å²) in [5.41, 5.74) is 2.44. The molecule has 0 atom stereocenters. The second-order valence-corrected chi connectivity index (χ2v) is 4.97. The van der Waals surface area contributed by atoms with Gasteiger partial charge < -0.3 is 10.2 Å².